The van der Waals surface area contributed by atoms with Crippen molar-refractivity contribution in [3.63, 3.8) is 0 Å². The molecule has 0 aliphatic rings. The molecule has 134 valence electrons. The van der Waals surface area contributed by atoms with Crippen molar-refractivity contribution in [2.45, 2.75) is 87.0 Å². The van der Waals surface area contributed by atoms with Crippen molar-refractivity contribution in [3.05, 3.63) is 55.8 Å². The van der Waals surface area contributed by atoms with Crippen LogP contribution in [-0.4, -0.2) is 0 Å². The summed E-state index contributed by atoms with van der Waals surface area (Å²) in [6.07, 6.45) is 0. The molecule has 0 N–H and O–H groups in total. The first-order valence-corrected chi connectivity index (χ1v) is 9.71. The summed E-state index contributed by atoms with van der Waals surface area (Å²) in [5.74, 6) is 0. The van der Waals surface area contributed by atoms with Gasteiger partial charge in [-0.3, -0.25) is 0 Å². The number of benzene rings is 1. The number of rotatable bonds is 0. The van der Waals surface area contributed by atoms with E-state index >= 15 is 0 Å². The highest BCUT2D eigenvalue weighted by atomic mass is 32.1. The molecule has 24 heavy (non-hydrogen) atoms. The lowest BCUT2D eigenvalue weighted by Crippen LogP contribution is -2.13. The largest absolute Gasteiger partial charge is 0.145 e. The van der Waals surface area contributed by atoms with Gasteiger partial charge in [0.15, 0.2) is 0 Å². The van der Waals surface area contributed by atoms with Gasteiger partial charge in [0, 0.05) is 9.75 Å². The molecule has 0 aliphatic heterocycles. The van der Waals surface area contributed by atoms with Gasteiger partial charge in [0.1, 0.15) is 0 Å². The molecule has 0 amide bonds. The van der Waals surface area contributed by atoms with Crippen LogP contribution in [0.1, 0.15) is 79.1 Å². The van der Waals surface area contributed by atoms with Gasteiger partial charge in [-0.2, -0.15) is 0 Å². The first kappa shape index (κ1) is 21.0. The van der Waals surface area contributed by atoms with Crippen LogP contribution in [0.25, 0.3) is 0 Å². The molecule has 1 aromatic carbocycles. The zero-order valence-electron chi connectivity index (χ0n) is 17.6. The standard InChI is InChI=1S/C13H20.C10H16S/c1-9-7-8-12(13(4,5)6)11(3)10(9)2;1-7-6-9(10(3,4)5)11-8(7)2/h7-8H,1-6H3;6H,1-5H3. The van der Waals surface area contributed by atoms with Gasteiger partial charge in [0.25, 0.3) is 0 Å². The summed E-state index contributed by atoms with van der Waals surface area (Å²) in [6, 6.07) is 6.79. The quantitative estimate of drug-likeness (QED) is 0.462. The summed E-state index contributed by atoms with van der Waals surface area (Å²) in [6.45, 7) is 24.6. The van der Waals surface area contributed by atoms with Crippen LogP contribution in [0.2, 0.25) is 0 Å². The van der Waals surface area contributed by atoms with Gasteiger partial charge in [-0.1, -0.05) is 53.7 Å². The van der Waals surface area contributed by atoms with Gasteiger partial charge in [-0.15, -0.1) is 11.3 Å². The van der Waals surface area contributed by atoms with E-state index in [1.165, 1.54) is 37.6 Å². The highest BCUT2D eigenvalue weighted by Gasteiger charge is 2.17. The van der Waals surface area contributed by atoms with Crippen molar-refractivity contribution in [1.82, 2.24) is 0 Å². The lowest BCUT2D eigenvalue weighted by atomic mass is 9.82. The average Bonchev–Trinajstić information content (AvgIpc) is 2.75. The first-order chi connectivity index (χ1) is 10.7. The molecule has 1 heteroatoms. The molecule has 0 aliphatic carbocycles. The molecule has 0 unspecified atom stereocenters. The maximum Gasteiger partial charge on any atom is 0.0104 e. The Morgan fingerprint density at radius 1 is 0.667 bits per heavy atom. The smallest absolute Gasteiger partial charge is 0.0104 e. The van der Waals surface area contributed by atoms with E-state index in [4.69, 9.17) is 0 Å². The van der Waals surface area contributed by atoms with Crippen molar-refractivity contribution in [2.24, 2.45) is 0 Å². The molecule has 1 aromatic heterocycles. The Bertz CT molecular complexity index is 669. The topological polar surface area (TPSA) is 0 Å². The second kappa shape index (κ2) is 7.44. The van der Waals surface area contributed by atoms with E-state index in [9.17, 15) is 0 Å². The van der Waals surface area contributed by atoms with Crippen LogP contribution in [0.3, 0.4) is 0 Å². The highest BCUT2D eigenvalue weighted by Crippen LogP contribution is 2.31. The van der Waals surface area contributed by atoms with Crippen LogP contribution in [0.15, 0.2) is 18.2 Å². The lowest BCUT2D eigenvalue weighted by molar-refractivity contribution is 0.585. The fraction of sp³-hybridized carbons (Fsp3) is 0.565. The molecule has 0 saturated heterocycles. The van der Waals surface area contributed by atoms with Crippen LogP contribution in [0, 0.1) is 34.6 Å². The Kier molecular flexibility index (Phi) is 6.49. The third kappa shape index (κ3) is 5.21. The summed E-state index contributed by atoms with van der Waals surface area (Å²) in [4.78, 5) is 2.95. The maximum absolute atomic E-state index is 2.31. The van der Waals surface area contributed by atoms with Gasteiger partial charge in [-0.05, 0) is 79.3 Å². The lowest BCUT2D eigenvalue weighted by Gasteiger charge is -2.23. The molecule has 2 rings (SSSR count). The van der Waals surface area contributed by atoms with E-state index in [1.54, 1.807) is 0 Å². The molecule has 2 aromatic rings. The average molecular weight is 345 g/mol. The second-order valence-electron chi connectivity index (χ2n) is 9.03. The molecular formula is C23H36S. The molecule has 0 nitrogen and oxygen atoms in total. The van der Waals surface area contributed by atoms with E-state index in [2.05, 4.69) is 94.4 Å². The van der Waals surface area contributed by atoms with Gasteiger partial charge in [-0.25, -0.2) is 0 Å². The molecule has 1 heterocycles. The number of hydrogen-bond donors (Lipinski definition) is 0. The predicted molar refractivity (Wildman–Crippen MR) is 112 cm³/mol. The minimum atomic E-state index is 0.266. The fourth-order valence-electron chi connectivity index (χ4n) is 2.71. The predicted octanol–water partition coefficient (Wildman–Crippen LogP) is 7.57. The zero-order chi connectivity index (χ0) is 18.9. The van der Waals surface area contributed by atoms with Crippen LogP contribution in [0.4, 0.5) is 0 Å². The molecular weight excluding hydrogens is 308 g/mol. The van der Waals surface area contributed by atoms with Crippen molar-refractivity contribution < 1.29 is 0 Å². The Labute approximate surface area is 154 Å². The monoisotopic (exact) mass is 344 g/mol. The molecule has 0 saturated carbocycles. The fourth-order valence-corrected chi connectivity index (χ4v) is 3.80. The Morgan fingerprint density at radius 2 is 1.21 bits per heavy atom. The maximum atomic E-state index is 2.31. The van der Waals surface area contributed by atoms with Crippen LogP contribution in [-0.2, 0) is 10.8 Å². The highest BCUT2D eigenvalue weighted by molar-refractivity contribution is 7.12. The summed E-state index contributed by atoms with van der Waals surface area (Å²) >= 11 is 1.92. The first-order valence-electron chi connectivity index (χ1n) is 8.90. The third-order valence-electron chi connectivity index (χ3n) is 4.77. The summed E-state index contributed by atoms with van der Waals surface area (Å²) < 4.78 is 0. The Morgan fingerprint density at radius 3 is 1.54 bits per heavy atom. The Hall–Kier alpha value is -1.08. The van der Waals surface area contributed by atoms with Crippen LogP contribution >= 0.6 is 11.3 Å². The minimum absolute atomic E-state index is 0.266. The molecule has 0 atom stereocenters. The van der Waals surface area contributed by atoms with Crippen molar-refractivity contribution in [2.75, 3.05) is 0 Å². The summed E-state index contributed by atoms with van der Waals surface area (Å²) in [5.41, 5.74) is 7.77. The van der Waals surface area contributed by atoms with E-state index in [0.29, 0.717) is 5.41 Å². The number of hydrogen-bond acceptors (Lipinski definition) is 1. The minimum Gasteiger partial charge on any atom is -0.145 e. The van der Waals surface area contributed by atoms with Crippen molar-refractivity contribution in [1.29, 1.82) is 0 Å². The molecule has 0 spiro atoms. The van der Waals surface area contributed by atoms with Crippen LogP contribution in [0.5, 0.6) is 0 Å². The SMILES string of the molecule is Cc1cc(C(C)(C)C)sc1C.Cc1ccc(C(C)(C)C)c(C)c1C. The third-order valence-corrected chi connectivity index (χ3v) is 6.35. The normalized spacial score (nSPS) is 12.0. The summed E-state index contributed by atoms with van der Waals surface area (Å²) in [5, 5.41) is 0. The Balaban J connectivity index is 0.000000243. The van der Waals surface area contributed by atoms with Gasteiger partial charge < -0.3 is 0 Å². The van der Waals surface area contributed by atoms with E-state index in [1.807, 2.05) is 11.3 Å². The zero-order valence-corrected chi connectivity index (χ0v) is 18.5. The number of thiophene rings is 1. The number of aryl methyl sites for hydroxylation is 3. The van der Waals surface area contributed by atoms with E-state index in [-0.39, 0.29) is 5.41 Å². The van der Waals surface area contributed by atoms with Gasteiger partial charge >= 0.3 is 0 Å². The summed E-state index contributed by atoms with van der Waals surface area (Å²) in [7, 11) is 0. The van der Waals surface area contributed by atoms with Crippen LogP contribution < -0.4 is 0 Å². The van der Waals surface area contributed by atoms with Gasteiger partial charge in [0.05, 0.1) is 0 Å². The molecule has 0 bridgehead atoms. The van der Waals surface area contributed by atoms with Crippen molar-refractivity contribution in [3.8, 4) is 0 Å². The molecule has 0 radical (unpaired) electrons. The second-order valence-corrected chi connectivity index (χ2v) is 10.3. The van der Waals surface area contributed by atoms with Crippen molar-refractivity contribution >= 4 is 11.3 Å². The van der Waals surface area contributed by atoms with Gasteiger partial charge in [0.2, 0.25) is 0 Å². The van der Waals surface area contributed by atoms with E-state index in [0.717, 1.165) is 0 Å². The molecule has 0 fully saturated rings. The van der Waals surface area contributed by atoms with E-state index < -0.39 is 0 Å².